The monoisotopic (exact) mass is 249 g/mol. The summed E-state index contributed by atoms with van der Waals surface area (Å²) in [5.41, 5.74) is 7.36. The van der Waals surface area contributed by atoms with E-state index in [9.17, 15) is 0 Å². The lowest BCUT2D eigenvalue weighted by atomic mass is 9.92. The van der Waals surface area contributed by atoms with Gasteiger partial charge in [-0.15, -0.1) is 0 Å². The molecular weight excluding hydrogens is 230 g/mol. The Morgan fingerprint density at radius 1 is 0.947 bits per heavy atom. The highest BCUT2D eigenvalue weighted by atomic mass is 14.7. The van der Waals surface area contributed by atoms with Gasteiger partial charge in [0, 0.05) is 6.21 Å². The number of nitrogens with zero attached hydrogens (tertiary/aromatic N) is 1. The van der Waals surface area contributed by atoms with Crippen molar-refractivity contribution in [2.75, 3.05) is 0 Å². The molecule has 0 aliphatic rings. The van der Waals surface area contributed by atoms with Gasteiger partial charge in [-0.25, -0.2) is 0 Å². The summed E-state index contributed by atoms with van der Waals surface area (Å²) in [6.45, 7) is 10.1. The summed E-state index contributed by atoms with van der Waals surface area (Å²) in [5.74, 6) is 0. The van der Waals surface area contributed by atoms with Crippen LogP contribution in [0.3, 0.4) is 0 Å². The topological polar surface area (TPSA) is 12.4 Å². The molecule has 0 atom stereocenters. The average molecular weight is 249 g/mol. The first-order valence-electron chi connectivity index (χ1n) is 6.46. The van der Waals surface area contributed by atoms with Crippen molar-refractivity contribution in [1.29, 1.82) is 0 Å². The van der Waals surface area contributed by atoms with E-state index in [0.29, 0.717) is 0 Å². The van der Waals surface area contributed by atoms with E-state index in [1.165, 1.54) is 27.8 Å². The Balaban J connectivity index is 2.66. The summed E-state index contributed by atoms with van der Waals surface area (Å²) in [4.78, 5) is 4.44. The van der Waals surface area contributed by atoms with E-state index in [-0.39, 0.29) is 0 Å². The van der Waals surface area contributed by atoms with Crippen LogP contribution < -0.4 is 0 Å². The Hall–Kier alpha value is -2.15. The van der Waals surface area contributed by atoms with Crippen molar-refractivity contribution >= 4 is 11.9 Å². The van der Waals surface area contributed by atoms with Gasteiger partial charge in [0.05, 0.1) is 5.69 Å². The first-order chi connectivity index (χ1) is 9.15. The van der Waals surface area contributed by atoms with Crippen molar-refractivity contribution < 1.29 is 0 Å². The molecule has 0 aliphatic heterocycles. The number of hydrogen-bond donors (Lipinski definition) is 0. The van der Waals surface area contributed by atoms with Crippen LogP contribution in [-0.4, -0.2) is 6.21 Å². The maximum absolute atomic E-state index is 4.44. The zero-order valence-electron chi connectivity index (χ0n) is 11.8. The average Bonchev–Trinajstić information content (AvgIpc) is 2.40. The van der Waals surface area contributed by atoms with E-state index in [2.05, 4.69) is 68.7 Å². The molecule has 0 unspecified atom stereocenters. The normalized spacial score (nSPS) is 10.9. The van der Waals surface area contributed by atoms with E-state index in [4.69, 9.17) is 0 Å². The van der Waals surface area contributed by atoms with Crippen LogP contribution in [0.4, 0.5) is 5.69 Å². The quantitative estimate of drug-likeness (QED) is 0.666. The molecule has 1 nitrogen and oxygen atoms in total. The standard InChI is InChI=1S/C18H19N/c1-5-12-19-17-11-10-14(3)18(15(17)4)16-9-7-6-8-13(16)2/h5-12H,1H2,2-4H3. The van der Waals surface area contributed by atoms with Gasteiger partial charge in [-0.1, -0.05) is 43.0 Å². The molecule has 0 saturated carbocycles. The number of benzene rings is 2. The van der Waals surface area contributed by atoms with E-state index >= 15 is 0 Å². The minimum Gasteiger partial charge on any atom is -0.257 e. The van der Waals surface area contributed by atoms with Crippen molar-refractivity contribution in [3.8, 4) is 11.1 Å². The number of hydrogen-bond acceptors (Lipinski definition) is 1. The minimum atomic E-state index is 1.00. The van der Waals surface area contributed by atoms with Crippen molar-refractivity contribution in [2.24, 2.45) is 4.99 Å². The summed E-state index contributed by atoms with van der Waals surface area (Å²) in [7, 11) is 0. The third-order valence-electron chi connectivity index (χ3n) is 3.38. The lowest BCUT2D eigenvalue weighted by Gasteiger charge is -2.14. The summed E-state index contributed by atoms with van der Waals surface area (Å²) in [6.07, 6.45) is 3.44. The Kier molecular flexibility index (Phi) is 3.96. The van der Waals surface area contributed by atoms with Crippen LogP contribution >= 0.6 is 0 Å². The van der Waals surface area contributed by atoms with Crippen LogP contribution in [0, 0.1) is 20.8 Å². The molecule has 2 aromatic carbocycles. The van der Waals surface area contributed by atoms with Gasteiger partial charge in [0.2, 0.25) is 0 Å². The van der Waals surface area contributed by atoms with Gasteiger partial charge < -0.3 is 0 Å². The molecule has 0 N–H and O–H groups in total. The van der Waals surface area contributed by atoms with Gasteiger partial charge >= 0.3 is 0 Å². The van der Waals surface area contributed by atoms with Crippen molar-refractivity contribution in [2.45, 2.75) is 20.8 Å². The fourth-order valence-electron chi connectivity index (χ4n) is 2.38. The third-order valence-corrected chi connectivity index (χ3v) is 3.38. The molecule has 0 fully saturated rings. The molecule has 19 heavy (non-hydrogen) atoms. The zero-order valence-corrected chi connectivity index (χ0v) is 11.8. The molecule has 0 radical (unpaired) electrons. The number of aliphatic imine (C=N–C) groups is 1. The van der Waals surface area contributed by atoms with Gasteiger partial charge in [-0.3, -0.25) is 4.99 Å². The summed E-state index contributed by atoms with van der Waals surface area (Å²) in [5, 5.41) is 0. The predicted molar refractivity (Wildman–Crippen MR) is 84.4 cm³/mol. The SMILES string of the molecule is C=CC=Nc1ccc(C)c(-c2ccccc2C)c1C. The fraction of sp³-hybridized carbons (Fsp3) is 0.167. The maximum atomic E-state index is 4.44. The third kappa shape index (κ3) is 2.65. The van der Waals surface area contributed by atoms with Crippen LogP contribution in [0.2, 0.25) is 0 Å². The summed E-state index contributed by atoms with van der Waals surface area (Å²) in [6, 6.07) is 12.7. The zero-order chi connectivity index (χ0) is 13.8. The highest BCUT2D eigenvalue weighted by Crippen LogP contribution is 2.34. The van der Waals surface area contributed by atoms with Crippen LogP contribution in [0.1, 0.15) is 16.7 Å². The van der Waals surface area contributed by atoms with E-state index in [1.807, 2.05) is 0 Å². The lowest BCUT2D eigenvalue weighted by molar-refractivity contribution is 1.33. The van der Waals surface area contributed by atoms with Crippen LogP contribution in [-0.2, 0) is 0 Å². The molecule has 0 amide bonds. The molecule has 2 rings (SSSR count). The smallest absolute Gasteiger partial charge is 0.0665 e. The first kappa shape index (κ1) is 13.3. The van der Waals surface area contributed by atoms with Crippen molar-refractivity contribution in [1.82, 2.24) is 0 Å². The second-order valence-corrected chi connectivity index (χ2v) is 4.73. The maximum Gasteiger partial charge on any atom is 0.0665 e. The van der Waals surface area contributed by atoms with E-state index in [1.54, 1.807) is 12.3 Å². The molecule has 96 valence electrons. The summed E-state index contributed by atoms with van der Waals surface area (Å²) < 4.78 is 0. The van der Waals surface area contributed by atoms with Gasteiger partial charge in [-0.05, 0) is 54.7 Å². The van der Waals surface area contributed by atoms with E-state index in [0.717, 1.165) is 5.69 Å². The molecule has 0 heterocycles. The predicted octanol–water partition coefficient (Wildman–Crippen LogP) is 5.17. The highest BCUT2D eigenvalue weighted by Gasteiger charge is 2.10. The largest absolute Gasteiger partial charge is 0.257 e. The molecule has 0 aromatic heterocycles. The van der Waals surface area contributed by atoms with Crippen LogP contribution in [0.25, 0.3) is 11.1 Å². The summed E-state index contributed by atoms with van der Waals surface area (Å²) >= 11 is 0. The lowest BCUT2D eigenvalue weighted by Crippen LogP contribution is -1.91. The van der Waals surface area contributed by atoms with Gasteiger partial charge in [-0.2, -0.15) is 0 Å². The Labute approximate surface area is 115 Å². The van der Waals surface area contributed by atoms with Crippen molar-refractivity contribution in [3.63, 3.8) is 0 Å². The molecule has 0 spiro atoms. The van der Waals surface area contributed by atoms with Gasteiger partial charge in [0.15, 0.2) is 0 Å². The van der Waals surface area contributed by atoms with Gasteiger partial charge in [0.1, 0.15) is 0 Å². The number of aryl methyl sites for hydroxylation is 2. The number of rotatable bonds is 3. The molecular formula is C18H19N. The van der Waals surface area contributed by atoms with Crippen LogP contribution in [0.15, 0.2) is 54.0 Å². The van der Waals surface area contributed by atoms with Crippen LogP contribution in [0.5, 0.6) is 0 Å². The second-order valence-electron chi connectivity index (χ2n) is 4.73. The fourth-order valence-corrected chi connectivity index (χ4v) is 2.38. The molecule has 0 bridgehead atoms. The van der Waals surface area contributed by atoms with E-state index < -0.39 is 0 Å². The molecule has 2 aromatic rings. The molecule has 0 saturated heterocycles. The van der Waals surface area contributed by atoms with Gasteiger partial charge in [0.25, 0.3) is 0 Å². The first-order valence-corrected chi connectivity index (χ1v) is 6.46. The van der Waals surface area contributed by atoms with Crippen molar-refractivity contribution in [3.05, 3.63) is 65.7 Å². The second kappa shape index (κ2) is 5.66. The Bertz CT molecular complexity index is 636. The number of allylic oxidation sites excluding steroid dienone is 1. The molecule has 1 heteroatoms. The Morgan fingerprint density at radius 3 is 2.37 bits per heavy atom. The minimum absolute atomic E-state index is 1.00. The highest BCUT2D eigenvalue weighted by molar-refractivity contribution is 5.80. The molecule has 0 aliphatic carbocycles. The Morgan fingerprint density at radius 2 is 1.68 bits per heavy atom.